The number of primary amides is 1. The van der Waals surface area contributed by atoms with Gasteiger partial charge in [0, 0.05) is 19.2 Å². The van der Waals surface area contributed by atoms with Crippen molar-refractivity contribution in [1.82, 2.24) is 4.90 Å². The third-order valence-corrected chi connectivity index (χ3v) is 4.61. The number of benzene rings is 1. The molecular formula is C16H22N4O3. The molecule has 124 valence electrons. The predicted octanol–water partition coefficient (Wildman–Crippen LogP) is 1.73. The Kier molecular flexibility index (Phi) is 3.39. The van der Waals surface area contributed by atoms with Gasteiger partial charge in [0.15, 0.2) is 0 Å². The van der Waals surface area contributed by atoms with Crippen LogP contribution in [-0.4, -0.2) is 41.2 Å². The van der Waals surface area contributed by atoms with Gasteiger partial charge in [0.05, 0.1) is 11.7 Å². The first-order valence-electron chi connectivity index (χ1n) is 7.66. The Morgan fingerprint density at radius 1 is 1.39 bits per heavy atom. The number of carbonyl (C=O) groups excluding carboxylic acids is 2. The Morgan fingerprint density at radius 2 is 2.09 bits per heavy atom. The number of urea groups is 1. The molecule has 2 aliphatic heterocycles. The van der Waals surface area contributed by atoms with Crippen LogP contribution in [0.5, 0.6) is 5.75 Å². The van der Waals surface area contributed by atoms with Crippen LogP contribution in [0.4, 0.5) is 16.2 Å². The molecule has 2 atom stereocenters. The second-order valence-electron chi connectivity index (χ2n) is 6.57. The lowest BCUT2D eigenvalue weighted by Gasteiger charge is -2.44. The van der Waals surface area contributed by atoms with E-state index < -0.39 is 11.7 Å². The lowest BCUT2D eigenvalue weighted by atomic mass is 10.0. The maximum Gasteiger partial charge on any atom is 0.316 e. The molecule has 0 aromatic heterocycles. The Hall–Kier alpha value is -2.44. The van der Waals surface area contributed by atoms with E-state index in [0.29, 0.717) is 12.2 Å². The highest BCUT2D eigenvalue weighted by molar-refractivity contribution is 5.90. The Morgan fingerprint density at radius 3 is 2.70 bits per heavy atom. The van der Waals surface area contributed by atoms with Gasteiger partial charge in [0.1, 0.15) is 17.5 Å². The molecule has 7 nitrogen and oxygen atoms in total. The van der Waals surface area contributed by atoms with E-state index in [2.05, 4.69) is 10.2 Å². The molecule has 0 aliphatic carbocycles. The molecule has 2 aliphatic rings. The maximum absolute atomic E-state index is 11.8. The molecule has 0 spiro atoms. The summed E-state index contributed by atoms with van der Waals surface area (Å²) in [5.74, 6) is 0.605. The second-order valence-corrected chi connectivity index (χ2v) is 6.57. The highest BCUT2D eigenvalue weighted by Crippen LogP contribution is 2.46. The van der Waals surface area contributed by atoms with E-state index in [1.165, 1.54) is 6.92 Å². The summed E-state index contributed by atoms with van der Waals surface area (Å²) in [5, 5.41) is 2.78. The van der Waals surface area contributed by atoms with Crippen molar-refractivity contribution in [3.8, 4) is 5.75 Å². The van der Waals surface area contributed by atoms with Crippen molar-refractivity contribution in [1.29, 1.82) is 0 Å². The number of nitrogens with zero attached hydrogens (tertiary/aromatic N) is 2. The number of rotatable bonds is 1. The van der Waals surface area contributed by atoms with Gasteiger partial charge in [0.2, 0.25) is 5.91 Å². The zero-order valence-electron chi connectivity index (χ0n) is 13.8. The van der Waals surface area contributed by atoms with Crippen molar-refractivity contribution in [2.24, 2.45) is 5.73 Å². The molecule has 1 saturated heterocycles. The second kappa shape index (κ2) is 5.04. The third-order valence-electron chi connectivity index (χ3n) is 4.61. The van der Waals surface area contributed by atoms with Gasteiger partial charge in [0.25, 0.3) is 0 Å². The Balaban J connectivity index is 2.08. The van der Waals surface area contributed by atoms with Crippen LogP contribution >= 0.6 is 0 Å². The fourth-order valence-corrected chi connectivity index (χ4v) is 3.58. The fraction of sp³-hybridized carbons (Fsp3) is 0.500. The first kappa shape index (κ1) is 15.5. The minimum Gasteiger partial charge on any atom is -0.486 e. The summed E-state index contributed by atoms with van der Waals surface area (Å²) >= 11 is 0. The molecule has 2 unspecified atom stereocenters. The summed E-state index contributed by atoms with van der Waals surface area (Å²) < 4.78 is 5.99. The van der Waals surface area contributed by atoms with Crippen molar-refractivity contribution in [3.05, 3.63) is 18.2 Å². The number of carbonyl (C=O) groups is 2. The number of hydrogen-bond acceptors (Lipinski definition) is 4. The van der Waals surface area contributed by atoms with Crippen molar-refractivity contribution < 1.29 is 14.3 Å². The Bertz CT molecular complexity index is 673. The standard InChI is InChI=1S/C16H22N4O3/c1-9-13-8-19(15(17)22)16(3,4)20(13)12-7-11(18-10(2)21)5-6-14(12)23-9/h5-7,9,13H,8H2,1-4H3,(H2,17,22)(H,18,21). The van der Waals surface area contributed by atoms with E-state index >= 15 is 0 Å². The average molecular weight is 318 g/mol. The molecule has 1 aromatic rings. The molecular weight excluding hydrogens is 296 g/mol. The van der Waals surface area contributed by atoms with E-state index in [1.54, 1.807) is 4.90 Å². The van der Waals surface area contributed by atoms with Crippen LogP contribution < -0.4 is 20.7 Å². The highest BCUT2D eigenvalue weighted by atomic mass is 16.5. The highest BCUT2D eigenvalue weighted by Gasteiger charge is 2.52. The first-order valence-corrected chi connectivity index (χ1v) is 7.66. The zero-order valence-corrected chi connectivity index (χ0v) is 13.8. The van der Waals surface area contributed by atoms with Crippen molar-refractivity contribution >= 4 is 23.3 Å². The van der Waals surface area contributed by atoms with Crippen LogP contribution in [0.15, 0.2) is 18.2 Å². The van der Waals surface area contributed by atoms with Gasteiger partial charge in [-0.25, -0.2) is 4.79 Å². The summed E-state index contributed by atoms with van der Waals surface area (Å²) in [6.45, 7) is 7.89. The van der Waals surface area contributed by atoms with Crippen LogP contribution in [0.25, 0.3) is 0 Å². The molecule has 3 rings (SSSR count). The molecule has 0 bridgehead atoms. The normalized spacial score (nSPS) is 24.5. The van der Waals surface area contributed by atoms with E-state index in [-0.39, 0.29) is 18.1 Å². The number of nitrogens with one attached hydrogen (secondary N) is 1. The van der Waals surface area contributed by atoms with Gasteiger partial charge in [-0.2, -0.15) is 0 Å². The number of anilines is 2. The Labute approximate surface area is 135 Å². The monoisotopic (exact) mass is 318 g/mol. The van der Waals surface area contributed by atoms with E-state index in [9.17, 15) is 9.59 Å². The van der Waals surface area contributed by atoms with Crippen LogP contribution in [0, 0.1) is 0 Å². The smallest absolute Gasteiger partial charge is 0.316 e. The fourth-order valence-electron chi connectivity index (χ4n) is 3.58. The maximum atomic E-state index is 11.8. The minimum atomic E-state index is -0.571. The van der Waals surface area contributed by atoms with Gasteiger partial charge >= 0.3 is 6.03 Å². The number of nitrogens with two attached hydrogens (primary N) is 1. The number of ether oxygens (including phenoxy) is 1. The summed E-state index contributed by atoms with van der Waals surface area (Å²) in [6.07, 6.45) is -0.0715. The van der Waals surface area contributed by atoms with Gasteiger partial charge in [-0.1, -0.05) is 0 Å². The summed E-state index contributed by atoms with van der Waals surface area (Å²) in [4.78, 5) is 26.9. The SMILES string of the molecule is CC(=O)Nc1ccc2c(c1)N1C(CN(C(N)=O)C1(C)C)C(C)O2. The topological polar surface area (TPSA) is 87.9 Å². The molecule has 3 N–H and O–H groups in total. The third kappa shape index (κ3) is 2.36. The minimum absolute atomic E-state index is 0.0116. The molecule has 1 aromatic carbocycles. The van der Waals surface area contributed by atoms with Crippen molar-refractivity contribution in [2.45, 2.75) is 45.5 Å². The van der Waals surface area contributed by atoms with Gasteiger partial charge in [-0.05, 0) is 39.0 Å². The molecule has 0 saturated carbocycles. The largest absolute Gasteiger partial charge is 0.486 e. The molecule has 0 radical (unpaired) electrons. The van der Waals surface area contributed by atoms with Gasteiger partial charge in [-0.3, -0.25) is 4.79 Å². The van der Waals surface area contributed by atoms with Gasteiger partial charge in [-0.15, -0.1) is 0 Å². The molecule has 1 fully saturated rings. The zero-order chi connectivity index (χ0) is 16.9. The van der Waals surface area contributed by atoms with Crippen molar-refractivity contribution in [3.63, 3.8) is 0 Å². The summed E-state index contributed by atoms with van der Waals surface area (Å²) in [7, 11) is 0. The number of amides is 3. The molecule has 7 heteroatoms. The lowest BCUT2D eigenvalue weighted by Crippen LogP contribution is -2.56. The number of fused-ring (bicyclic) bond motifs is 3. The van der Waals surface area contributed by atoms with Gasteiger partial charge < -0.3 is 25.6 Å². The molecule has 3 amide bonds. The summed E-state index contributed by atoms with van der Waals surface area (Å²) in [5.41, 5.74) is 6.53. The van der Waals surface area contributed by atoms with Crippen LogP contribution in [0.2, 0.25) is 0 Å². The van der Waals surface area contributed by atoms with Crippen LogP contribution in [0.1, 0.15) is 27.7 Å². The predicted molar refractivity (Wildman–Crippen MR) is 87.5 cm³/mol. The van der Waals surface area contributed by atoms with E-state index in [1.807, 2.05) is 39.0 Å². The van der Waals surface area contributed by atoms with Crippen LogP contribution in [-0.2, 0) is 4.79 Å². The first-order chi connectivity index (χ1) is 10.7. The number of hydrogen-bond donors (Lipinski definition) is 2. The lowest BCUT2D eigenvalue weighted by molar-refractivity contribution is -0.114. The quantitative estimate of drug-likeness (QED) is 0.825. The van der Waals surface area contributed by atoms with Crippen LogP contribution in [0.3, 0.4) is 0 Å². The van der Waals surface area contributed by atoms with E-state index in [0.717, 1.165) is 11.4 Å². The van der Waals surface area contributed by atoms with Crippen molar-refractivity contribution in [2.75, 3.05) is 16.8 Å². The molecule has 2 heterocycles. The van der Waals surface area contributed by atoms with E-state index in [4.69, 9.17) is 10.5 Å². The summed E-state index contributed by atoms with van der Waals surface area (Å²) in [6, 6.07) is 5.09. The molecule has 23 heavy (non-hydrogen) atoms. The average Bonchev–Trinajstić information content (AvgIpc) is 2.72.